The zero-order valence-corrected chi connectivity index (χ0v) is 9.23. The largest absolute Gasteiger partial charge is 0.464 e. The highest BCUT2D eigenvalue weighted by Gasteiger charge is 2.19. The van der Waals surface area contributed by atoms with E-state index < -0.39 is 18.7 Å². The number of aliphatic hydroxyl groups is 2. The van der Waals surface area contributed by atoms with Gasteiger partial charge in [0.1, 0.15) is 6.10 Å². The van der Waals surface area contributed by atoms with E-state index in [0.29, 0.717) is 0 Å². The van der Waals surface area contributed by atoms with E-state index in [9.17, 15) is 9.90 Å². The summed E-state index contributed by atoms with van der Waals surface area (Å²) in [6.07, 6.45) is -1.22. The van der Waals surface area contributed by atoms with Crippen LogP contribution in [0.1, 0.15) is 22.3 Å². The lowest BCUT2D eigenvalue weighted by Crippen LogP contribution is -2.12. The minimum absolute atomic E-state index is 0.0410. The van der Waals surface area contributed by atoms with E-state index in [-0.39, 0.29) is 22.1 Å². The molecule has 0 radical (unpaired) electrons. The van der Waals surface area contributed by atoms with Crippen LogP contribution in [0.4, 0.5) is 5.69 Å². The number of halogens is 1. The van der Waals surface area contributed by atoms with Crippen LogP contribution in [0.2, 0.25) is 5.02 Å². The number of nitrogens with two attached hydrogens (primary N) is 1. The molecule has 1 aromatic rings. The molecule has 0 aliphatic heterocycles. The number of methoxy groups -OCH3 is 1. The number of pyridine rings is 1. The number of nitrogen functional groups attached to an aromatic ring is 1. The average Bonchev–Trinajstić information content (AvgIpc) is 2.30. The first-order chi connectivity index (χ1) is 7.51. The molecule has 0 saturated carbocycles. The third kappa shape index (κ3) is 2.41. The number of hydrogen-bond donors (Lipinski definition) is 3. The van der Waals surface area contributed by atoms with Gasteiger partial charge in [0.25, 0.3) is 0 Å². The van der Waals surface area contributed by atoms with Gasteiger partial charge in [-0.2, -0.15) is 0 Å². The molecule has 1 rings (SSSR count). The number of hydrogen-bond acceptors (Lipinski definition) is 6. The zero-order valence-electron chi connectivity index (χ0n) is 8.48. The molecule has 0 amide bonds. The summed E-state index contributed by atoms with van der Waals surface area (Å²) in [6.45, 7) is -0.533. The quantitative estimate of drug-likeness (QED) is 0.655. The first-order valence-electron chi connectivity index (χ1n) is 4.34. The number of aromatic nitrogens is 1. The molecule has 1 heterocycles. The second-order valence-corrected chi connectivity index (χ2v) is 3.37. The van der Waals surface area contributed by atoms with Gasteiger partial charge in [-0.25, -0.2) is 9.78 Å². The molecule has 7 heteroatoms. The molecule has 0 fully saturated rings. The Bertz CT molecular complexity index is 411. The molecule has 0 saturated heterocycles. The van der Waals surface area contributed by atoms with Gasteiger partial charge in [-0.05, 0) is 6.07 Å². The summed E-state index contributed by atoms with van der Waals surface area (Å²) in [5.74, 6) is -0.760. The summed E-state index contributed by atoms with van der Waals surface area (Å²) in [4.78, 5) is 15.1. The van der Waals surface area contributed by atoms with Gasteiger partial charge in [0, 0.05) is 0 Å². The van der Waals surface area contributed by atoms with Gasteiger partial charge >= 0.3 is 5.97 Å². The summed E-state index contributed by atoms with van der Waals surface area (Å²) in [5.41, 5.74) is 5.49. The van der Waals surface area contributed by atoms with Crippen LogP contribution in [0.25, 0.3) is 0 Å². The standard InChI is InChI=1S/C9H11ClN2O4/c1-16-9(15)8-7(10)4(11)2-5(12-8)6(14)3-13/h2,6,13-14H,3H2,1H3,(H2,11,12). The van der Waals surface area contributed by atoms with E-state index in [2.05, 4.69) is 9.72 Å². The maximum absolute atomic E-state index is 11.3. The van der Waals surface area contributed by atoms with Gasteiger partial charge in [0.2, 0.25) is 0 Å². The highest BCUT2D eigenvalue weighted by molar-refractivity contribution is 6.35. The summed E-state index contributed by atoms with van der Waals surface area (Å²) < 4.78 is 4.45. The minimum atomic E-state index is -1.22. The molecular weight excluding hydrogens is 236 g/mol. The lowest BCUT2D eigenvalue weighted by Gasteiger charge is -2.11. The predicted octanol–water partition coefficient (Wildman–Crippen LogP) is 0.129. The number of ether oxygens (including phenoxy) is 1. The van der Waals surface area contributed by atoms with Gasteiger partial charge in [-0.1, -0.05) is 11.6 Å². The summed E-state index contributed by atoms with van der Waals surface area (Å²) in [5, 5.41) is 18.1. The van der Waals surface area contributed by atoms with E-state index in [1.807, 2.05) is 0 Å². The van der Waals surface area contributed by atoms with Crippen LogP contribution in [-0.4, -0.2) is 34.9 Å². The molecule has 0 bridgehead atoms. The van der Waals surface area contributed by atoms with Gasteiger partial charge in [0.05, 0.1) is 30.1 Å². The number of anilines is 1. The molecule has 1 unspecified atom stereocenters. The summed E-state index contributed by atoms with van der Waals surface area (Å²) in [6, 6.07) is 1.29. The van der Waals surface area contributed by atoms with Crippen LogP contribution in [0.5, 0.6) is 0 Å². The topological polar surface area (TPSA) is 106 Å². The van der Waals surface area contributed by atoms with Crippen LogP contribution < -0.4 is 5.73 Å². The molecule has 0 spiro atoms. The number of esters is 1. The molecule has 4 N–H and O–H groups in total. The van der Waals surface area contributed by atoms with E-state index in [4.69, 9.17) is 22.4 Å². The SMILES string of the molecule is COC(=O)c1nc(C(O)CO)cc(N)c1Cl. The number of aliphatic hydroxyl groups excluding tert-OH is 2. The van der Waals surface area contributed by atoms with Crippen molar-refractivity contribution in [3.05, 3.63) is 22.5 Å². The smallest absolute Gasteiger partial charge is 0.358 e. The van der Waals surface area contributed by atoms with Crippen molar-refractivity contribution in [3.8, 4) is 0 Å². The fraction of sp³-hybridized carbons (Fsp3) is 0.333. The fourth-order valence-electron chi connectivity index (χ4n) is 1.07. The molecular formula is C9H11ClN2O4. The Labute approximate surface area is 96.6 Å². The van der Waals surface area contributed by atoms with Gasteiger partial charge < -0.3 is 20.7 Å². The molecule has 0 aliphatic carbocycles. The maximum atomic E-state index is 11.3. The number of carbonyl (C=O) groups excluding carboxylic acids is 1. The average molecular weight is 247 g/mol. The van der Waals surface area contributed by atoms with Gasteiger partial charge in [-0.15, -0.1) is 0 Å². The highest BCUT2D eigenvalue weighted by atomic mass is 35.5. The van der Waals surface area contributed by atoms with Crippen molar-refractivity contribution < 1.29 is 19.7 Å². The zero-order chi connectivity index (χ0) is 12.3. The van der Waals surface area contributed by atoms with Crippen molar-refractivity contribution in [1.29, 1.82) is 0 Å². The minimum Gasteiger partial charge on any atom is -0.464 e. The predicted molar refractivity (Wildman–Crippen MR) is 57.0 cm³/mol. The molecule has 16 heavy (non-hydrogen) atoms. The van der Waals surface area contributed by atoms with E-state index in [1.54, 1.807) is 0 Å². The van der Waals surface area contributed by atoms with Crippen LogP contribution in [0.3, 0.4) is 0 Å². The monoisotopic (exact) mass is 246 g/mol. The van der Waals surface area contributed by atoms with Crippen LogP contribution in [-0.2, 0) is 4.74 Å². The highest BCUT2D eigenvalue weighted by Crippen LogP contribution is 2.25. The first kappa shape index (κ1) is 12.7. The van der Waals surface area contributed by atoms with E-state index in [1.165, 1.54) is 13.2 Å². The van der Waals surface area contributed by atoms with Crippen molar-refractivity contribution in [2.75, 3.05) is 19.5 Å². The Morgan fingerprint density at radius 1 is 1.75 bits per heavy atom. The van der Waals surface area contributed by atoms with Crippen LogP contribution in [0, 0.1) is 0 Å². The molecule has 6 nitrogen and oxygen atoms in total. The molecule has 88 valence electrons. The van der Waals surface area contributed by atoms with E-state index >= 15 is 0 Å². The Kier molecular flexibility index (Phi) is 4.05. The first-order valence-corrected chi connectivity index (χ1v) is 4.72. The Morgan fingerprint density at radius 2 is 2.38 bits per heavy atom. The Morgan fingerprint density at radius 3 is 2.88 bits per heavy atom. The lowest BCUT2D eigenvalue weighted by molar-refractivity contribution is 0.0590. The van der Waals surface area contributed by atoms with Crippen molar-refractivity contribution >= 4 is 23.3 Å². The van der Waals surface area contributed by atoms with E-state index in [0.717, 1.165) is 0 Å². The van der Waals surface area contributed by atoms with Crippen molar-refractivity contribution in [2.45, 2.75) is 6.10 Å². The van der Waals surface area contributed by atoms with Crippen molar-refractivity contribution in [2.24, 2.45) is 0 Å². The second kappa shape index (κ2) is 5.11. The van der Waals surface area contributed by atoms with Crippen molar-refractivity contribution in [3.63, 3.8) is 0 Å². The Hall–Kier alpha value is -1.37. The molecule has 0 aromatic carbocycles. The molecule has 0 aliphatic rings. The number of rotatable bonds is 3. The normalized spacial score (nSPS) is 12.2. The molecule has 1 aromatic heterocycles. The summed E-state index contributed by atoms with van der Waals surface area (Å²) in [7, 11) is 1.17. The fourth-order valence-corrected chi connectivity index (χ4v) is 1.24. The van der Waals surface area contributed by atoms with Gasteiger partial charge in [0.15, 0.2) is 5.69 Å². The van der Waals surface area contributed by atoms with Crippen LogP contribution >= 0.6 is 11.6 Å². The Balaban J connectivity index is 3.27. The van der Waals surface area contributed by atoms with Crippen LogP contribution in [0.15, 0.2) is 6.07 Å². The van der Waals surface area contributed by atoms with Gasteiger partial charge in [-0.3, -0.25) is 0 Å². The number of carbonyl (C=O) groups is 1. The summed E-state index contributed by atoms with van der Waals surface area (Å²) >= 11 is 5.75. The lowest BCUT2D eigenvalue weighted by atomic mass is 10.2. The third-order valence-electron chi connectivity index (χ3n) is 1.90. The maximum Gasteiger partial charge on any atom is 0.358 e. The number of nitrogens with zero attached hydrogens (tertiary/aromatic N) is 1. The second-order valence-electron chi connectivity index (χ2n) is 2.99. The third-order valence-corrected chi connectivity index (χ3v) is 2.30. The van der Waals surface area contributed by atoms with Crippen molar-refractivity contribution in [1.82, 2.24) is 4.98 Å². The molecule has 1 atom stereocenters.